The van der Waals surface area contributed by atoms with Gasteiger partial charge in [0.1, 0.15) is 22.8 Å². The summed E-state index contributed by atoms with van der Waals surface area (Å²) < 4.78 is 0.262. The average Bonchev–Trinajstić information content (AvgIpc) is 2.66. The number of allylic oxidation sites excluding steroid dienone is 2. The molecule has 3 atom stereocenters. The standard InChI is InChI=1S/C21H18INO8/c1-6(24)9-5-11(22)16(26)14-10(9)3-7-2-8-4-12(25)15(20(23)30)19(29)21(8,31)18(28)13(7)17(14)27/h5,7-8,25-26,28,31H,2-4H2,1H3,(H2,23,30)/t7-,8+,21+/m1/s1. The molecule has 0 aromatic heterocycles. The van der Waals surface area contributed by atoms with Gasteiger partial charge in [0, 0.05) is 23.5 Å². The van der Waals surface area contributed by atoms with Gasteiger partial charge in [0.2, 0.25) is 5.78 Å². The van der Waals surface area contributed by atoms with Crippen molar-refractivity contribution in [3.05, 3.63) is 49.0 Å². The van der Waals surface area contributed by atoms with E-state index in [1.807, 2.05) is 0 Å². The minimum absolute atomic E-state index is 0.0208. The summed E-state index contributed by atoms with van der Waals surface area (Å²) in [5.41, 5.74) is 1.93. The summed E-state index contributed by atoms with van der Waals surface area (Å²) in [7, 11) is 0. The molecule has 0 aliphatic heterocycles. The van der Waals surface area contributed by atoms with Crippen LogP contribution in [-0.4, -0.2) is 49.3 Å². The molecule has 0 heterocycles. The normalized spacial score (nSPS) is 27.6. The maximum atomic E-state index is 13.3. The van der Waals surface area contributed by atoms with Crippen molar-refractivity contribution in [3.63, 3.8) is 0 Å². The summed E-state index contributed by atoms with van der Waals surface area (Å²) in [6, 6.07) is 1.48. The number of aromatic hydroxyl groups is 1. The first-order valence-corrected chi connectivity index (χ1v) is 10.5. The van der Waals surface area contributed by atoms with Gasteiger partial charge in [-0.15, -0.1) is 0 Å². The third-order valence-corrected chi connectivity index (χ3v) is 7.22. The van der Waals surface area contributed by atoms with E-state index in [0.29, 0.717) is 5.56 Å². The number of hydrogen-bond acceptors (Lipinski definition) is 8. The SMILES string of the molecule is CC(=O)c1cc(I)c(O)c2c1C[C@H]1C[C@H]3CC(O)=C(C(N)=O)C(=O)[C@@]3(O)C(O)=C1C2=O. The molecule has 162 valence electrons. The molecule has 4 rings (SSSR count). The Morgan fingerprint density at radius 2 is 1.84 bits per heavy atom. The van der Waals surface area contributed by atoms with Gasteiger partial charge < -0.3 is 26.2 Å². The maximum absolute atomic E-state index is 13.3. The van der Waals surface area contributed by atoms with Crippen molar-refractivity contribution in [1.29, 1.82) is 0 Å². The molecule has 1 amide bonds. The molecule has 0 saturated heterocycles. The number of phenolic OH excluding ortho intramolecular Hbond substituents is 1. The molecule has 1 aromatic carbocycles. The smallest absolute Gasteiger partial charge is 0.255 e. The summed E-state index contributed by atoms with van der Waals surface area (Å²) in [5, 5.41) is 42.7. The fourth-order valence-corrected chi connectivity index (χ4v) is 5.55. The number of hydrogen-bond donors (Lipinski definition) is 5. The number of nitrogens with two attached hydrogens (primary N) is 1. The second-order valence-corrected chi connectivity index (χ2v) is 9.24. The van der Waals surface area contributed by atoms with Crippen molar-refractivity contribution >= 4 is 45.8 Å². The molecule has 1 aromatic rings. The van der Waals surface area contributed by atoms with E-state index >= 15 is 0 Å². The van der Waals surface area contributed by atoms with Crippen LogP contribution in [-0.2, 0) is 16.0 Å². The highest BCUT2D eigenvalue weighted by Crippen LogP contribution is 2.52. The molecule has 3 aliphatic rings. The lowest BCUT2D eigenvalue weighted by molar-refractivity contribution is -0.144. The fraction of sp³-hybridized carbons (Fsp3) is 0.333. The number of aliphatic hydroxyl groups is 3. The fourth-order valence-electron chi connectivity index (χ4n) is 4.97. The third-order valence-electron chi connectivity index (χ3n) is 6.39. The Morgan fingerprint density at radius 1 is 1.19 bits per heavy atom. The van der Waals surface area contributed by atoms with Crippen LogP contribution in [0.4, 0.5) is 0 Å². The van der Waals surface area contributed by atoms with Crippen molar-refractivity contribution in [1.82, 2.24) is 0 Å². The molecule has 0 unspecified atom stereocenters. The number of amides is 1. The molecular formula is C21H18INO8. The zero-order chi connectivity index (χ0) is 23.0. The lowest BCUT2D eigenvalue weighted by Gasteiger charge is -2.45. The number of halogens is 1. The van der Waals surface area contributed by atoms with Gasteiger partial charge in [-0.1, -0.05) is 0 Å². The number of carbonyl (C=O) groups excluding carboxylic acids is 4. The topological polar surface area (TPSA) is 175 Å². The number of Topliss-reactive ketones (excluding diaryl/α,β-unsaturated/α-hetero) is 3. The van der Waals surface area contributed by atoms with E-state index in [9.17, 15) is 39.6 Å². The molecule has 3 aliphatic carbocycles. The Labute approximate surface area is 189 Å². The molecule has 0 fully saturated rings. The van der Waals surface area contributed by atoms with Crippen molar-refractivity contribution in [2.45, 2.75) is 31.8 Å². The van der Waals surface area contributed by atoms with E-state index in [4.69, 9.17) is 5.73 Å². The van der Waals surface area contributed by atoms with E-state index < -0.39 is 52.0 Å². The first-order chi connectivity index (χ1) is 14.4. The summed E-state index contributed by atoms with van der Waals surface area (Å²) in [5.74, 6) is -7.16. The van der Waals surface area contributed by atoms with Crippen molar-refractivity contribution in [3.8, 4) is 5.75 Å². The maximum Gasteiger partial charge on any atom is 0.255 e. The third kappa shape index (κ3) is 2.77. The van der Waals surface area contributed by atoms with Crippen LogP contribution in [0.15, 0.2) is 28.7 Å². The Kier molecular flexibility index (Phi) is 4.78. The quantitative estimate of drug-likeness (QED) is 0.213. The van der Waals surface area contributed by atoms with Gasteiger partial charge in [-0.05, 0) is 59.9 Å². The number of benzene rings is 1. The molecule has 10 heteroatoms. The van der Waals surface area contributed by atoms with E-state index in [2.05, 4.69) is 0 Å². The van der Waals surface area contributed by atoms with Crippen LogP contribution in [0.1, 0.15) is 46.0 Å². The second-order valence-electron chi connectivity index (χ2n) is 8.07. The Bertz CT molecular complexity index is 1180. The first kappa shape index (κ1) is 21.5. The molecular weight excluding hydrogens is 521 g/mol. The number of phenols is 1. The van der Waals surface area contributed by atoms with Crippen molar-refractivity contribution in [2.24, 2.45) is 17.6 Å². The highest BCUT2D eigenvalue weighted by Gasteiger charge is 2.59. The summed E-state index contributed by atoms with van der Waals surface area (Å²) in [6.07, 6.45) is -0.173. The van der Waals surface area contributed by atoms with Gasteiger partial charge in [-0.25, -0.2) is 0 Å². The predicted molar refractivity (Wildman–Crippen MR) is 114 cm³/mol. The lowest BCUT2D eigenvalue weighted by Crippen LogP contribution is -2.57. The second kappa shape index (κ2) is 6.89. The first-order valence-electron chi connectivity index (χ1n) is 9.43. The predicted octanol–water partition coefficient (Wildman–Crippen LogP) is 1.39. The van der Waals surface area contributed by atoms with E-state index in [1.165, 1.54) is 13.0 Å². The molecule has 6 N–H and O–H groups in total. The number of carbonyl (C=O) groups is 4. The molecule has 0 spiro atoms. The molecule has 0 saturated carbocycles. The van der Waals surface area contributed by atoms with Crippen LogP contribution in [0.5, 0.6) is 5.75 Å². The minimum atomic E-state index is -2.60. The molecule has 9 nitrogen and oxygen atoms in total. The monoisotopic (exact) mass is 539 g/mol. The number of fused-ring (bicyclic) bond motifs is 3. The molecule has 0 bridgehead atoms. The van der Waals surface area contributed by atoms with Crippen LogP contribution in [0.3, 0.4) is 0 Å². The van der Waals surface area contributed by atoms with Crippen LogP contribution in [0.25, 0.3) is 0 Å². The van der Waals surface area contributed by atoms with Gasteiger partial charge in [0.25, 0.3) is 5.91 Å². The van der Waals surface area contributed by atoms with Gasteiger partial charge in [0.05, 0.1) is 9.13 Å². The highest BCUT2D eigenvalue weighted by atomic mass is 127. The summed E-state index contributed by atoms with van der Waals surface area (Å²) >= 11 is 1.78. The Hall–Kier alpha value is -2.73. The zero-order valence-electron chi connectivity index (χ0n) is 16.2. The van der Waals surface area contributed by atoms with Gasteiger partial charge in [0.15, 0.2) is 17.2 Å². The van der Waals surface area contributed by atoms with Crippen molar-refractivity contribution in [2.75, 3.05) is 0 Å². The molecule has 31 heavy (non-hydrogen) atoms. The zero-order valence-corrected chi connectivity index (χ0v) is 18.4. The van der Waals surface area contributed by atoms with Gasteiger partial charge >= 0.3 is 0 Å². The Morgan fingerprint density at radius 3 is 2.42 bits per heavy atom. The average molecular weight is 539 g/mol. The number of rotatable bonds is 2. The van der Waals surface area contributed by atoms with Crippen LogP contribution in [0, 0.1) is 15.4 Å². The minimum Gasteiger partial charge on any atom is -0.511 e. The number of ketones is 3. The van der Waals surface area contributed by atoms with Gasteiger partial charge in [-0.2, -0.15) is 0 Å². The Balaban J connectivity index is 1.95. The number of aliphatic hydroxyl groups excluding tert-OH is 2. The highest BCUT2D eigenvalue weighted by molar-refractivity contribution is 14.1. The van der Waals surface area contributed by atoms with Crippen LogP contribution >= 0.6 is 22.6 Å². The largest absolute Gasteiger partial charge is 0.511 e. The van der Waals surface area contributed by atoms with Gasteiger partial charge in [-0.3, -0.25) is 19.2 Å². The van der Waals surface area contributed by atoms with Crippen LogP contribution < -0.4 is 5.73 Å². The van der Waals surface area contributed by atoms with Crippen molar-refractivity contribution < 1.29 is 39.6 Å². The summed E-state index contributed by atoms with van der Waals surface area (Å²) in [4.78, 5) is 50.0. The van der Waals surface area contributed by atoms with E-state index in [1.54, 1.807) is 22.6 Å². The lowest BCUT2D eigenvalue weighted by atomic mass is 9.60. The van der Waals surface area contributed by atoms with E-state index in [0.717, 1.165) is 0 Å². The molecule has 0 radical (unpaired) electrons. The van der Waals surface area contributed by atoms with Crippen LogP contribution in [0.2, 0.25) is 0 Å². The number of primary amides is 1. The summed E-state index contributed by atoms with van der Waals surface area (Å²) in [6.45, 7) is 1.34. The van der Waals surface area contributed by atoms with E-state index in [-0.39, 0.29) is 51.1 Å².